The summed E-state index contributed by atoms with van der Waals surface area (Å²) < 4.78 is 29.0. The molecular weight excluding hydrogens is 548 g/mol. The minimum atomic E-state index is -1.47. The summed E-state index contributed by atoms with van der Waals surface area (Å²) in [6, 6.07) is 26.6. The van der Waals surface area contributed by atoms with E-state index in [4.69, 9.17) is 23.7 Å². The van der Waals surface area contributed by atoms with E-state index in [1.807, 2.05) is 66.7 Å². The molecule has 0 radical (unpaired) electrons. The third-order valence-electron chi connectivity index (χ3n) is 7.21. The highest BCUT2D eigenvalue weighted by atomic mass is 16.6. The largest absolute Gasteiger partial charge is 0.493 e. The third-order valence-corrected chi connectivity index (χ3v) is 7.21. The highest BCUT2D eigenvalue weighted by Gasteiger charge is 2.48. The molecule has 0 saturated heterocycles. The molecule has 0 fully saturated rings. The Balaban J connectivity index is 1.72. The van der Waals surface area contributed by atoms with Gasteiger partial charge in [0.2, 0.25) is 12.0 Å². The van der Waals surface area contributed by atoms with Crippen LogP contribution >= 0.6 is 0 Å². The van der Waals surface area contributed by atoms with Crippen molar-refractivity contribution >= 4 is 5.97 Å². The van der Waals surface area contributed by atoms with E-state index < -0.39 is 17.7 Å². The molecule has 43 heavy (non-hydrogen) atoms. The lowest BCUT2D eigenvalue weighted by molar-refractivity contribution is -0.173. The number of methoxy groups -OCH3 is 3. The van der Waals surface area contributed by atoms with Crippen LogP contribution in [0.25, 0.3) is 0 Å². The molecule has 1 aromatic heterocycles. The van der Waals surface area contributed by atoms with Gasteiger partial charge in [-0.1, -0.05) is 66.7 Å². The maximum absolute atomic E-state index is 13.1. The molecule has 0 aliphatic rings. The number of hydrogen-bond acceptors (Lipinski definition) is 8. The smallest absolute Gasteiger partial charge is 0.348 e. The second-order valence-corrected chi connectivity index (χ2v) is 10.1. The molecule has 2 unspecified atom stereocenters. The van der Waals surface area contributed by atoms with Gasteiger partial charge in [0, 0.05) is 11.8 Å². The zero-order valence-corrected chi connectivity index (χ0v) is 25.0. The van der Waals surface area contributed by atoms with Crippen molar-refractivity contribution in [3.05, 3.63) is 107 Å². The lowest BCUT2D eigenvalue weighted by Crippen LogP contribution is -2.51. The SMILES string of the molecule is COc1cc(C)nc(OC(C(=O)O)C(CCCc2ccccc2)(OCCc2ccc(OC)c(OC)c2)c2ccccc2)n1. The maximum Gasteiger partial charge on any atom is 0.348 e. The lowest BCUT2D eigenvalue weighted by Gasteiger charge is -2.38. The van der Waals surface area contributed by atoms with Crippen LogP contribution in [0.1, 0.15) is 35.2 Å². The molecule has 3 aromatic carbocycles. The molecule has 9 heteroatoms. The molecule has 0 aliphatic heterocycles. The van der Waals surface area contributed by atoms with Gasteiger partial charge in [-0.15, -0.1) is 0 Å². The van der Waals surface area contributed by atoms with Crippen molar-refractivity contribution in [1.82, 2.24) is 9.97 Å². The average molecular weight is 587 g/mol. The first-order valence-electron chi connectivity index (χ1n) is 14.1. The topological polar surface area (TPSA) is 109 Å². The first-order chi connectivity index (χ1) is 20.9. The van der Waals surface area contributed by atoms with Gasteiger partial charge in [-0.05, 0) is 61.4 Å². The van der Waals surface area contributed by atoms with Crippen LogP contribution in [-0.2, 0) is 28.0 Å². The van der Waals surface area contributed by atoms with Crippen molar-refractivity contribution in [3.8, 4) is 23.4 Å². The molecule has 226 valence electrons. The fourth-order valence-corrected chi connectivity index (χ4v) is 5.09. The van der Waals surface area contributed by atoms with Gasteiger partial charge in [-0.2, -0.15) is 4.98 Å². The molecule has 1 heterocycles. The minimum Gasteiger partial charge on any atom is -0.493 e. The predicted octanol–water partition coefficient (Wildman–Crippen LogP) is 5.82. The second-order valence-electron chi connectivity index (χ2n) is 10.1. The molecule has 0 aliphatic carbocycles. The van der Waals surface area contributed by atoms with E-state index in [0.717, 1.165) is 17.5 Å². The number of carboxylic acid groups (broad SMARTS) is 1. The van der Waals surface area contributed by atoms with Gasteiger partial charge in [-0.3, -0.25) is 0 Å². The van der Waals surface area contributed by atoms with Crippen molar-refractivity contribution in [2.75, 3.05) is 27.9 Å². The van der Waals surface area contributed by atoms with Crippen LogP contribution in [-0.4, -0.2) is 55.1 Å². The van der Waals surface area contributed by atoms with Crippen LogP contribution in [0.2, 0.25) is 0 Å². The number of aliphatic carboxylic acids is 1. The number of aryl methyl sites for hydroxylation is 2. The number of hydrogen-bond donors (Lipinski definition) is 1. The van der Waals surface area contributed by atoms with E-state index in [9.17, 15) is 9.90 Å². The predicted molar refractivity (Wildman–Crippen MR) is 162 cm³/mol. The number of aromatic nitrogens is 2. The van der Waals surface area contributed by atoms with Gasteiger partial charge in [-0.25, -0.2) is 9.78 Å². The summed E-state index contributed by atoms with van der Waals surface area (Å²) in [4.78, 5) is 21.7. The van der Waals surface area contributed by atoms with E-state index >= 15 is 0 Å². The van der Waals surface area contributed by atoms with E-state index in [-0.39, 0.29) is 18.5 Å². The van der Waals surface area contributed by atoms with E-state index in [1.54, 1.807) is 27.2 Å². The van der Waals surface area contributed by atoms with Crippen LogP contribution in [0.4, 0.5) is 0 Å². The summed E-state index contributed by atoms with van der Waals surface area (Å²) >= 11 is 0. The fourth-order valence-electron chi connectivity index (χ4n) is 5.09. The van der Waals surface area contributed by atoms with Crippen molar-refractivity contribution in [3.63, 3.8) is 0 Å². The Morgan fingerprint density at radius 3 is 2.16 bits per heavy atom. The minimum absolute atomic E-state index is 0.101. The molecule has 4 rings (SSSR count). The first kappa shape index (κ1) is 31.3. The molecule has 0 amide bonds. The summed E-state index contributed by atoms with van der Waals surface area (Å²) in [7, 11) is 4.65. The van der Waals surface area contributed by atoms with Crippen molar-refractivity contribution < 1.29 is 33.6 Å². The van der Waals surface area contributed by atoms with E-state index in [0.29, 0.717) is 42.0 Å². The number of benzene rings is 3. The Bertz CT molecular complexity index is 1470. The Kier molecular flexibility index (Phi) is 10.9. The van der Waals surface area contributed by atoms with Crippen molar-refractivity contribution in [1.29, 1.82) is 0 Å². The number of carboxylic acids is 1. The molecular formula is C34H38N2O7. The van der Waals surface area contributed by atoms with Gasteiger partial charge in [0.15, 0.2) is 11.5 Å². The van der Waals surface area contributed by atoms with Crippen LogP contribution in [0.5, 0.6) is 23.4 Å². The van der Waals surface area contributed by atoms with Crippen molar-refractivity contribution in [2.24, 2.45) is 0 Å². The van der Waals surface area contributed by atoms with Crippen molar-refractivity contribution in [2.45, 2.75) is 44.3 Å². The zero-order chi connectivity index (χ0) is 30.7. The number of ether oxygens (including phenoxy) is 5. The first-order valence-corrected chi connectivity index (χ1v) is 14.1. The normalized spacial score (nSPS) is 13.0. The van der Waals surface area contributed by atoms with Crippen LogP contribution in [0.15, 0.2) is 84.9 Å². The monoisotopic (exact) mass is 586 g/mol. The van der Waals surface area contributed by atoms with Gasteiger partial charge in [0.1, 0.15) is 5.60 Å². The summed E-state index contributed by atoms with van der Waals surface area (Å²) in [6.45, 7) is 1.97. The number of nitrogens with zero attached hydrogens (tertiary/aromatic N) is 2. The zero-order valence-electron chi connectivity index (χ0n) is 25.0. The lowest BCUT2D eigenvalue weighted by atomic mass is 9.82. The van der Waals surface area contributed by atoms with Crippen LogP contribution in [0.3, 0.4) is 0 Å². The number of rotatable bonds is 16. The molecule has 1 N–H and O–H groups in total. The quantitative estimate of drug-likeness (QED) is 0.174. The second kappa shape index (κ2) is 15.0. The molecule has 4 aromatic rings. The van der Waals surface area contributed by atoms with Gasteiger partial charge in [0.05, 0.1) is 27.9 Å². The van der Waals surface area contributed by atoms with Crippen LogP contribution < -0.4 is 18.9 Å². The molecule has 9 nitrogen and oxygen atoms in total. The third kappa shape index (κ3) is 8.02. The van der Waals surface area contributed by atoms with Gasteiger partial charge in [0.25, 0.3) is 0 Å². The van der Waals surface area contributed by atoms with Crippen LogP contribution in [0, 0.1) is 6.92 Å². The van der Waals surface area contributed by atoms with E-state index in [1.165, 1.54) is 7.11 Å². The van der Waals surface area contributed by atoms with Gasteiger partial charge < -0.3 is 28.8 Å². The Morgan fingerprint density at radius 2 is 1.51 bits per heavy atom. The highest BCUT2D eigenvalue weighted by Crippen LogP contribution is 2.38. The standard InChI is InChI=1S/C34H38N2O7/c1-24-22-30(41-4)36-33(35-24)43-31(32(37)38)34(27-15-9-6-10-16-27,20-11-14-25-12-7-5-8-13-25)42-21-19-26-17-18-28(39-2)29(23-26)40-3/h5-10,12-13,15-18,22-23,31H,11,14,19-21H2,1-4H3,(H,37,38). The average Bonchev–Trinajstić information content (AvgIpc) is 3.03. The Hall–Kier alpha value is -4.63. The summed E-state index contributed by atoms with van der Waals surface area (Å²) in [6.07, 6.45) is 0.755. The molecule has 0 saturated carbocycles. The Labute approximate surface area is 252 Å². The van der Waals surface area contributed by atoms with E-state index in [2.05, 4.69) is 22.1 Å². The summed E-state index contributed by atoms with van der Waals surface area (Å²) in [5.74, 6) is 0.309. The molecule has 0 spiro atoms. The maximum atomic E-state index is 13.1. The highest BCUT2D eigenvalue weighted by molar-refractivity contribution is 5.75. The summed E-state index contributed by atoms with van der Waals surface area (Å²) in [5.41, 5.74) is 1.98. The molecule has 2 atom stereocenters. The molecule has 0 bridgehead atoms. The number of carbonyl (C=O) groups is 1. The van der Waals surface area contributed by atoms with Gasteiger partial charge >= 0.3 is 12.0 Å². The summed E-state index contributed by atoms with van der Waals surface area (Å²) in [5, 5.41) is 10.7. The Morgan fingerprint density at radius 1 is 0.814 bits per heavy atom. The fraction of sp³-hybridized carbons (Fsp3) is 0.324.